The molecule has 0 saturated heterocycles. The number of hydrogen-bond acceptors (Lipinski definition) is 6. The molecule has 0 fully saturated rings. The first kappa shape index (κ1) is 22.2. The Labute approximate surface area is 186 Å². The van der Waals surface area contributed by atoms with Gasteiger partial charge in [0.25, 0.3) is 11.8 Å². The summed E-state index contributed by atoms with van der Waals surface area (Å²) in [6, 6.07) is 8.04. The van der Waals surface area contributed by atoms with Gasteiger partial charge >= 0.3 is 6.18 Å². The van der Waals surface area contributed by atoms with Gasteiger partial charge in [0.05, 0.1) is 5.56 Å². The number of carbonyl (C=O) groups excluding carboxylic acids is 1. The number of hydrogen-bond donors (Lipinski definition) is 1. The zero-order valence-electron chi connectivity index (χ0n) is 17.7. The van der Waals surface area contributed by atoms with Crippen LogP contribution in [0.2, 0.25) is 0 Å². The Hall–Kier alpha value is -4.02. The lowest BCUT2D eigenvalue weighted by atomic mass is 10.1. The van der Waals surface area contributed by atoms with Crippen LogP contribution in [0.15, 0.2) is 59.6 Å². The van der Waals surface area contributed by atoms with E-state index in [1.165, 1.54) is 24.7 Å². The van der Waals surface area contributed by atoms with Gasteiger partial charge in [-0.2, -0.15) is 18.2 Å². The summed E-state index contributed by atoms with van der Waals surface area (Å²) in [5.74, 6) is 1.10. The number of imidazole rings is 1. The third-order valence-electron chi connectivity index (χ3n) is 4.76. The zero-order chi connectivity index (χ0) is 23.6. The molecule has 3 heterocycles. The highest BCUT2D eigenvalue weighted by Gasteiger charge is 2.29. The van der Waals surface area contributed by atoms with Crippen molar-refractivity contribution in [1.29, 1.82) is 0 Å². The van der Waals surface area contributed by atoms with Gasteiger partial charge in [0.15, 0.2) is 5.82 Å². The summed E-state index contributed by atoms with van der Waals surface area (Å²) >= 11 is 0. The first-order chi connectivity index (χ1) is 15.7. The van der Waals surface area contributed by atoms with Crippen LogP contribution in [0.5, 0.6) is 0 Å². The Bertz CT molecular complexity index is 1260. The summed E-state index contributed by atoms with van der Waals surface area (Å²) < 4.78 is 44.8. The molecule has 0 aliphatic carbocycles. The van der Waals surface area contributed by atoms with Crippen molar-refractivity contribution in [3.8, 4) is 17.3 Å². The van der Waals surface area contributed by atoms with Gasteiger partial charge in [-0.05, 0) is 29.8 Å². The molecule has 0 aliphatic heterocycles. The Morgan fingerprint density at radius 2 is 1.91 bits per heavy atom. The second kappa shape index (κ2) is 8.85. The monoisotopic (exact) mass is 456 g/mol. The second-order valence-electron chi connectivity index (χ2n) is 7.56. The predicted octanol–water partition coefficient (Wildman–Crippen LogP) is 4.39. The fraction of sp³-hybridized carbons (Fsp3) is 0.227. The molecule has 0 radical (unpaired) electrons. The van der Waals surface area contributed by atoms with Gasteiger partial charge in [-0.15, -0.1) is 0 Å². The quantitative estimate of drug-likeness (QED) is 0.462. The average molecular weight is 456 g/mol. The lowest BCUT2D eigenvalue weighted by molar-refractivity contribution is -0.137. The van der Waals surface area contributed by atoms with Crippen LogP contribution in [-0.4, -0.2) is 30.6 Å². The minimum atomic E-state index is -4.40. The molecular weight excluding hydrogens is 437 g/mol. The number of alkyl halides is 3. The minimum absolute atomic E-state index is 0.0624. The van der Waals surface area contributed by atoms with Crippen LogP contribution >= 0.6 is 0 Å². The molecule has 170 valence electrons. The van der Waals surface area contributed by atoms with Gasteiger partial charge in [-0.1, -0.05) is 31.1 Å². The largest absolute Gasteiger partial charge is 0.416 e. The summed E-state index contributed by atoms with van der Waals surface area (Å²) in [4.78, 5) is 25.2. The van der Waals surface area contributed by atoms with E-state index < -0.39 is 17.6 Å². The van der Waals surface area contributed by atoms with Crippen LogP contribution in [0.3, 0.4) is 0 Å². The highest BCUT2D eigenvalue weighted by molar-refractivity contribution is 5.92. The minimum Gasteiger partial charge on any atom is -0.347 e. The maximum atomic E-state index is 12.7. The van der Waals surface area contributed by atoms with E-state index in [4.69, 9.17) is 4.52 Å². The van der Waals surface area contributed by atoms with Crippen LogP contribution in [0.25, 0.3) is 17.3 Å². The molecule has 1 N–H and O–H groups in total. The van der Waals surface area contributed by atoms with Crippen molar-refractivity contribution in [3.63, 3.8) is 0 Å². The molecule has 0 unspecified atom stereocenters. The highest BCUT2D eigenvalue weighted by atomic mass is 19.4. The number of nitrogens with zero attached hydrogens (tertiary/aromatic N) is 5. The van der Waals surface area contributed by atoms with Crippen molar-refractivity contribution >= 4 is 5.91 Å². The van der Waals surface area contributed by atoms with Gasteiger partial charge < -0.3 is 9.84 Å². The van der Waals surface area contributed by atoms with Gasteiger partial charge in [0, 0.05) is 30.4 Å². The van der Waals surface area contributed by atoms with Crippen LogP contribution in [0.4, 0.5) is 13.2 Å². The highest BCUT2D eigenvalue weighted by Crippen LogP contribution is 2.29. The summed E-state index contributed by atoms with van der Waals surface area (Å²) in [5, 5.41) is 6.59. The first-order valence-corrected chi connectivity index (χ1v) is 9.99. The second-order valence-corrected chi connectivity index (χ2v) is 7.56. The molecule has 1 amide bonds. The van der Waals surface area contributed by atoms with Gasteiger partial charge in [0.2, 0.25) is 0 Å². The zero-order valence-corrected chi connectivity index (χ0v) is 17.7. The Kier molecular flexibility index (Phi) is 5.95. The molecule has 0 bridgehead atoms. The molecule has 0 aliphatic rings. The van der Waals surface area contributed by atoms with E-state index >= 15 is 0 Å². The molecule has 1 aromatic carbocycles. The van der Waals surface area contributed by atoms with Crippen molar-refractivity contribution in [3.05, 3.63) is 77.8 Å². The van der Waals surface area contributed by atoms with E-state index in [9.17, 15) is 18.0 Å². The molecule has 33 heavy (non-hydrogen) atoms. The van der Waals surface area contributed by atoms with E-state index in [1.54, 1.807) is 22.9 Å². The number of rotatable bonds is 6. The lowest BCUT2D eigenvalue weighted by Gasteiger charge is -2.08. The van der Waals surface area contributed by atoms with E-state index in [0.29, 0.717) is 28.7 Å². The van der Waals surface area contributed by atoms with Crippen molar-refractivity contribution < 1.29 is 22.5 Å². The normalized spacial score (nSPS) is 11.7. The molecule has 4 aromatic rings. The van der Waals surface area contributed by atoms with Crippen LogP contribution in [-0.2, 0) is 12.7 Å². The molecule has 0 spiro atoms. The maximum absolute atomic E-state index is 12.7. The van der Waals surface area contributed by atoms with E-state index in [1.807, 2.05) is 13.8 Å². The fourth-order valence-corrected chi connectivity index (χ4v) is 2.93. The van der Waals surface area contributed by atoms with Crippen LogP contribution < -0.4 is 5.32 Å². The lowest BCUT2D eigenvalue weighted by Crippen LogP contribution is -2.23. The summed E-state index contributed by atoms with van der Waals surface area (Å²) in [6.45, 7) is 3.98. The van der Waals surface area contributed by atoms with E-state index in [-0.39, 0.29) is 18.2 Å². The smallest absolute Gasteiger partial charge is 0.347 e. The van der Waals surface area contributed by atoms with Crippen molar-refractivity contribution in [2.45, 2.75) is 32.5 Å². The third kappa shape index (κ3) is 5.08. The molecule has 0 atom stereocenters. The number of benzene rings is 1. The van der Waals surface area contributed by atoms with E-state index in [0.717, 1.165) is 12.1 Å². The van der Waals surface area contributed by atoms with Crippen LogP contribution in [0.1, 0.15) is 47.2 Å². The summed E-state index contributed by atoms with van der Waals surface area (Å²) in [7, 11) is 0. The maximum Gasteiger partial charge on any atom is 0.416 e. The molecule has 4 rings (SSSR count). The predicted molar refractivity (Wildman–Crippen MR) is 111 cm³/mol. The van der Waals surface area contributed by atoms with Gasteiger partial charge in [-0.3, -0.25) is 9.36 Å². The fourth-order valence-electron chi connectivity index (χ4n) is 2.93. The Morgan fingerprint density at radius 3 is 2.58 bits per heavy atom. The number of aromatic nitrogens is 5. The van der Waals surface area contributed by atoms with Crippen molar-refractivity contribution in [2.75, 3.05) is 0 Å². The summed E-state index contributed by atoms with van der Waals surface area (Å²) in [5.41, 5.74) is 0.591. The third-order valence-corrected chi connectivity index (χ3v) is 4.76. The first-order valence-electron chi connectivity index (χ1n) is 9.99. The number of nitrogens with one attached hydrogen (secondary N) is 1. The van der Waals surface area contributed by atoms with E-state index in [2.05, 4.69) is 25.4 Å². The number of halogens is 3. The van der Waals surface area contributed by atoms with Crippen molar-refractivity contribution in [2.24, 2.45) is 0 Å². The number of carbonyl (C=O) groups is 1. The average Bonchev–Trinajstić information content (AvgIpc) is 3.48. The standard InChI is InChI=1S/C22H19F3N6O2/c1-13(2)19-29-21(33-30-19)15-7-8-26-18(9-15)31-11-17(28-12-31)20(32)27-10-14-3-5-16(6-4-14)22(23,24)25/h3-9,11-13H,10H2,1-2H3,(H,27,32). The SMILES string of the molecule is CC(C)c1noc(-c2ccnc(-n3cnc(C(=O)NCc4ccc(C(F)(F)F)cc4)c3)c2)n1. The topological polar surface area (TPSA) is 98.7 Å². The van der Waals surface area contributed by atoms with Gasteiger partial charge in [-0.25, -0.2) is 9.97 Å². The summed E-state index contributed by atoms with van der Waals surface area (Å²) in [6.07, 6.45) is 0.114. The Morgan fingerprint density at radius 1 is 1.15 bits per heavy atom. The molecule has 11 heteroatoms. The van der Waals surface area contributed by atoms with Crippen LogP contribution in [0, 0.1) is 0 Å². The van der Waals surface area contributed by atoms with Crippen molar-refractivity contribution in [1.82, 2.24) is 30.0 Å². The van der Waals surface area contributed by atoms with Gasteiger partial charge in [0.1, 0.15) is 17.8 Å². The number of amides is 1. The molecule has 3 aromatic heterocycles. The molecule has 0 saturated carbocycles. The number of pyridine rings is 1. The molecule has 8 nitrogen and oxygen atoms in total. The Balaban J connectivity index is 1.43. The molecular formula is C22H19F3N6O2.